The normalized spacial score (nSPS) is 13.0. The predicted octanol–water partition coefficient (Wildman–Crippen LogP) is 2.36. The van der Waals surface area contributed by atoms with Gasteiger partial charge in [-0.25, -0.2) is 0 Å². The summed E-state index contributed by atoms with van der Waals surface area (Å²) >= 11 is 3.37. The zero-order valence-corrected chi connectivity index (χ0v) is 13.0. The number of carbonyl (C=O) groups excluding carboxylic acids is 1. The number of benzene rings is 1. The number of ether oxygens (including phenoxy) is 2. The summed E-state index contributed by atoms with van der Waals surface area (Å²) in [6.45, 7) is 3.09. The Morgan fingerprint density at radius 3 is 2.86 bits per heavy atom. The fourth-order valence-electron chi connectivity index (χ4n) is 2.04. The number of aromatic nitrogens is 2. The number of halogens is 1. The Balaban J connectivity index is 1.67. The molecule has 1 amide bonds. The van der Waals surface area contributed by atoms with Crippen LogP contribution in [0.4, 0.5) is 5.69 Å². The molecule has 0 radical (unpaired) electrons. The van der Waals surface area contributed by atoms with E-state index in [0.29, 0.717) is 30.4 Å². The number of hydrogen-bond donors (Lipinski definition) is 1. The molecule has 0 saturated heterocycles. The summed E-state index contributed by atoms with van der Waals surface area (Å²) in [5.74, 6) is 1.20. The maximum atomic E-state index is 12.0. The fraction of sp³-hybridized carbons (Fsp3) is 0.286. The van der Waals surface area contributed by atoms with E-state index in [1.165, 1.54) is 0 Å². The molecule has 0 saturated carbocycles. The molecule has 1 aliphatic heterocycles. The number of rotatable bonds is 3. The summed E-state index contributed by atoms with van der Waals surface area (Å²) in [4.78, 5) is 12.0. The standard InChI is InChI=1S/C14H14BrN3O3/c1-9-11(15)7-18(17-9)8-14(19)16-10-2-3-12-13(6-10)21-5-4-20-12/h2-3,6-7H,4-5,8H2,1H3,(H,16,19). The van der Waals surface area contributed by atoms with E-state index in [0.717, 1.165) is 10.2 Å². The molecule has 2 heterocycles. The van der Waals surface area contributed by atoms with Gasteiger partial charge in [-0.3, -0.25) is 9.48 Å². The highest BCUT2D eigenvalue weighted by Gasteiger charge is 2.13. The van der Waals surface area contributed by atoms with Crippen LogP contribution in [0.3, 0.4) is 0 Å². The number of nitrogens with zero attached hydrogens (tertiary/aromatic N) is 2. The van der Waals surface area contributed by atoms with Crippen molar-refractivity contribution in [3.8, 4) is 11.5 Å². The Morgan fingerprint density at radius 2 is 2.14 bits per heavy atom. The summed E-state index contributed by atoms with van der Waals surface area (Å²) in [5.41, 5.74) is 1.52. The van der Waals surface area contributed by atoms with Crippen LogP contribution in [0.15, 0.2) is 28.9 Å². The van der Waals surface area contributed by atoms with Crippen molar-refractivity contribution in [2.45, 2.75) is 13.5 Å². The van der Waals surface area contributed by atoms with Crippen molar-refractivity contribution in [3.05, 3.63) is 34.6 Å². The van der Waals surface area contributed by atoms with Crippen LogP contribution in [-0.2, 0) is 11.3 Å². The molecule has 0 spiro atoms. The monoisotopic (exact) mass is 351 g/mol. The topological polar surface area (TPSA) is 65.4 Å². The van der Waals surface area contributed by atoms with Crippen molar-refractivity contribution in [1.82, 2.24) is 9.78 Å². The van der Waals surface area contributed by atoms with Gasteiger partial charge in [0.1, 0.15) is 19.8 Å². The van der Waals surface area contributed by atoms with Crippen molar-refractivity contribution in [3.63, 3.8) is 0 Å². The number of amides is 1. The molecule has 1 aromatic carbocycles. The molecule has 110 valence electrons. The minimum Gasteiger partial charge on any atom is -0.486 e. The van der Waals surface area contributed by atoms with Gasteiger partial charge in [0.05, 0.1) is 10.2 Å². The van der Waals surface area contributed by atoms with Crippen LogP contribution < -0.4 is 14.8 Å². The largest absolute Gasteiger partial charge is 0.486 e. The summed E-state index contributed by atoms with van der Waals surface area (Å²) in [6.07, 6.45) is 1.78. The number of anilines is 1. The van der Waals surface area contributed by atoms with Crippen molar-refractivity contribution in [2.24, 2.45) is 0 Å². The Kier molecular flexibility index (Phi) is 3.83. The van der Waals surface area contributed by atoms with Crippen molar-refractivity contribution >= 4 is 27.5 Å². The van der Waals surface area contributed by atoms with Crippen LogP contribution in [0.5, 0.6) is 11.5 Å². The van der Waals surface area contributed by atoms with Gasteiger partial charge in [-0.05, 0) is 35.0 Å². The second-order valence-electron chi connectivity index (χ2n) is 4.67. The van der Waals surface area contributed by atoms with Crippen LogP contribution >= 0.6 is 15.9 Å². The molecule has 0 fully saturated rings. The maximum Gasteiger partial charge on any atom is 0.246 e. The molecule has 0 aliphatic carbocycles. The minimum absolute atomic E-state index is 0.151. The van der Waals surface area contributed by atoms with Gasteiger partial charge >= 0.3 is 0 Å². The fourth-order valence-corrected chi connectivity index (χ4v) is 2.36. The van der Waals surface area contributed by atoms with Crippen LogP contribution in [-0.4, -0.2) is 28.9 Å². The van der Waals surface area contributed by atoms with Gasteiger partial charge < -0.3 is 14.8 Å². The predicted molar refractivity (Wildman–Crippen MR) is 80.7 cm³/mol. The summed E-state index contributed by atoms with van der Waals surface area (Å²) in [6, 6.07) is 5.34. The van der Waals surface area contributed by atoms with Crippen LogP contribution in [0.2, 0.25) is 0 Å². The first-order valence-corrected chi connectivity index (χ1v) is 7.30. The van der Waals surface area contributed by atoms with Crippen LogP contribution in [0.25, 0.3) is 0 Å². The highest BCUT2D eigenvalue weighted by molar-refractivity contribution is 9.10. The zero-order chi connectivity index (χ0) is 14.8. The number of aryl methyl sites for hydroxylation is 1. The zero-order valence-electron chi connectivity index (χ0n) is 11.4. The lowest BCUT2D eigenvalue weighted by atomic mass is 10.2. The van der Waals surface area contributed by atoms with E-state index in [2.05, 4.69) is 26.3 Å². The molecule has 1 N–H and O–H groups in total. The lowest BCUT2D eigenvalue weighted by molar-refractivity contribution is -0.116. The van der Waals surface area contributed by atoms with Gasteiger partial charge in [0.2, 0.25) is 5.91 Å². The molecule has 1 aromatic heterocycles. The quantitative estimate of drug-likeness (QED) is 0.921. The Labute approximate surface area is 130 Å². The van der Waals surface area contributed by atoms with Crippen molar-refractivity contribution in [2.75, 3.05) is 18.5 Å². The average molecular weight is 352 g/mol. The van der Waals surface area contributed by atoms with Crippen molar-refractivity contribution < 1.29 is 14.3 Å². The van der Waals surface area contributed by atoms with E-state index >= 15 is 0 Å². The Hall–Kier alpha value is -2.02. The summed E-state index contributed by atoms with van der Waals surface area (Å²) < 4.78 is 13.4. The summed E-state index contributed by atoms with van der Waals surface area (Å²) in [7, 11) is 0. The van der Waals surface area contributed by atoms with E-state index in [-0.39, 0.29) is 12.5 Å². The molecule has 6 nitrogen and oxygen atoms in total. The van der Waals surface area contributed by atoms with Gasteiger partial charge in [-0.1, -0.05) is 0 Å². The number of nitrogens with one attached hydrogen (secondary N) is 1. The van der Waals surface area contributed by atoms with Crippen LogP contribution in [0, 0.1) is 6.92 Å². The average Bonchev–Trinajstić information content (AvgIpc) is 2.77. The molecular formula is C14H14BrN3O3. The third-order valence-electron chi connectivity index (χ3n) is 3.02. The third-order valence-corrected chi connectivity index (χ3v) is 3.80. The number of fused-ring (bicyclic) bond motifs is 1. The molecule has 0 unspecified atom stereocenters. The first-order valence-electron chi connectivity index (χ1n) is 6.51. The van der Waals surface area contributed by atoms with E-state index in [1.807, 2.05) is 6.92 Å². The van der Waals surface area contributed by atoms with Gasteiger partial charge in [0.15, 0.2) is 11.5 Å². The Bertz CT molecular complexity index is 665. The Morgan fingerprint density at radius 1 is 1.38 bits per heavy atom. The van der Waals surface area contributed by atoms with Crippen molar-refractivity contribution in [1.29, 1.82) is 0 Å². The van der Waals surface area contributed by atoms with Gasteiger partial charge in [0.25, 0.3) is 0 Å². The van der Waals surface area contributed by atoms with E-state index in [4.69, 9.17) is 9.47 Å². The number of carbonyl (C=O) groups is 1. The molecular weight excluding hydrogens is 338 g/mol. The minimum atomic E-state index is -0.151. The molecule has 1 aliphatic rings. The van der Waals surface area contributed by atoms with E-state index in [9.17, 15) is 4.79 Å². The maximum absolute atomic E-state index is 12.0. The smallest absolute Gasteiger partial charge is 0.246 e. The molecule has 0 bridgehead atoms. The van der Waals surface area contributed by atoms with Gasteiger partial charge in [-0.15, -0.1) is 0 Å². The van der Waals surface area contributed by atoms with Gasteiger partial charge in [0, 0.05) is 18.0 Å². The second kappa shape index (κ2) is 5.77. The SMILES string of the molecule is Cc1nn(CC(=O)Nc2ccc3c(c2)OCCO3)cc1Br. The first-order chi connectivity index (χ1) is 10.1. The summed E-state index contributed by atoms with van der Waals surface area (Å²) in [5, 5.41) is 7.04. The van der Waals surface area contributed by atoms with Gasteiger partial charge in [-0.2, -0.15) is 5.10 Å². The number of hydrogen-bond acceptors (Lipinski definition) is 4. The molecule has 2 aromatic rings. The third kappa shape index (κ3) is 3.18. The lowest BCUT2D eigenvalue weighted by Crippen LogP contribution is -2.20. The van der Waals surface area contributed by atoms with E-state index in [1.54, 1.807) is 29.1 Å². The second-order valence-corrected chi connectivity index (χ2v) is 5.52. The highest BCUT2D eigenvalue weighted by Crippen LogP contribution is 2.32. The molecule has 0 atom stereocenters. The first kappa shape index (κ1) is 13.9. The van der Waals surface area contributed by atoms with E-state index < -0.39 is 0 Å². The molecule has 3 rings (SSSR count). The van der Waals surface area contributed by atoms with Crippen LogP contribution in [0.1, 0.15) is 5.69 Å². The molecule has 21 heavy (non-hydrogen) atoms. The molecule has 7 heteroatoms. The lowest BCUT2D eigenvalue weighted by Gasteiger charge is -2.19. The highest BCUT2D eigenvalue weighted by atomic mass is 79.9.